The average molecular weight is 216 g/mol. The summed E-state index contributed by atoms with van der Waals surface area (Å²) in [5.74, 6) is -0.160. The minimum Gasteiger partial charge on any atom is -0.466 e. The van der Waals surface area contributed by atoms with E-state index in [1.54, 1.807) is 6.92 Å². The molecule has 15 heavy (non-hydrogen) atoms. The highest BCUT2D eigenvalue weighted by Crippen LogP contribution is 2.03. The summed E-state index contributed by atoms with van der Waals surface area (Å²) in [6.07, 6.45) is 0.407. The molecular weight excluding hydrogens is 196 g/mol. The van der Waals surface area contributed by atoms with Gasteiger partial charge in [0.05, 0.1) is 19.6 Å². The number of nitrogens with zero attached hydrogens (tertiary/aromatic N) is 1. The van der Waals surface area contributed by atoms with Crippen LogP contribution in [-0.4, -0.2) is 61.4 Å². The van der Waals surface area contributed by atoms with E-state index in [-0.39, 0.29) is 18.6 Å². The standard InChI is InChI=1S/C10H20N2O3/c1-2-15-10(14)3-5-12-6-4-11-7-9(12)8-13/h9,11,13H,2-8H2,1H3. The molecule has 1 heterocycles. The first-order valence-electron chi connectivity index (χ1n) is 5.49. The van der Waals surface area contributed by atoms with Crippen LogP contribution in [0.25, 0.3) is 0 Å². The molecule has 0 aromatic rings. The second-order valence-electron chi connectivity index (χ2n) is 3.63. The van der Waals surface area contributed by atoms with Crippen molar-refractivity contribution in [2.24, 2.45) is 0 Å². The van der Waals surface area contributed by atoms with E-state index in [0.29, 0.717) is 19.6 Å². The van der Waals surface area contributed by atoms with Gasteiger partial charge in [0.2, 0.25) is 0 Å². The fraction of sp³-hybridized carbons (Fsp3) is 0.900. The van der Waals surface area contributed by atoms with E-state index >= 15 is 0 Å². The predicted molar refractivity (Wildman–Crippen MR) is 56.6 cm³/mol. The Morgan fingerprint density at radius 2 is 2.47 bits per heavy atom. The van der Waals surface area contributed by atoms with Gasteiger partial charge in [-0.05, 0) is 6.92 Å². The number of ether oxygens (including phenoxy) is 1. The summed E-state index contributed by atoms with van der Waals surface area (Å²) in [5.41, 5.74) is 0. The maximum absolute atomic E-state index is 11.2. The van der Waals surface area contributed by atoms with Crippen LogP contribution < -0.4 is 5.32 Å². The molecular formula is C10H20N2O3. The van der Waals surface area contributed by atoms with Gasteiger partial charge in [-0.2, -0.15) is 0 Å². The molecule has 0 spiro atoms. The maximum Gasteiger partial charge on any atom is 0.307 e. The SMILES string of the molecule is CCOC(=O)CCN1CCNCC1CO. The number of carbonyl (C=O) groups excluding carboxylic acids is 1. The van der Waals surface area contributed by atoms with E-state index < -0.39 is 0 Å². The normalized spacial score (nSPS) is 22.7. The van der Waals surface area contributed by atoms with Crippen LogP contribution in [0.1, 0.15) is 13.3 Å². The van der Waals surface area contributed by atoms with E-state index in [2.05, 4.69) is 10.2 Å². The van der Waals surface area contributed by atoms with Crippen LogP contribution in [0.2, 0.25) is 0 Å². The van der Waals surface area contributed by atoms with E-state index in [1.165, 1.54) is 0 Å². The predicted octanol–water partition coefficient (Wildman–Crippen LogP) is -0.794. The van der Waals surface area contributed by atoms with Crippen molar-refractivity contribution in [3.8, 4) is 0 Å². The van der Waals surface area contributed by atoms with Gasteiger partial charge >= 0.3 is 5.97 Å². The Hall–Kier alpha value is -0.650. The molecule has 1 aliphatic rings. The van der Waals surface area contributed by atoms with Crippen molar-refractivity contribution in [1.29, 1.82) is 0 Å². The topological polar surface area (TPSA) is 61.8 Å². The number of nitrogens with one attached hydrogen (secondary N) is 1. The molecule has 0 saturated carbocycles. The van der Waals surface area contributed by atoms with Gasteiger partial charge in [0.1, 0.15) is 0 Å². The number of aliphatic hydroxyl groups excluding tert-OH is 1. The van der Waals surface area contributed by atoms with Crippen LogP contribution in [0.3, 0.4) is 0 Å². The van der Waals surface area contributed by atoms with Crippen LogP contribution in [0.5, 0.6) is 0 Å². The fourth-order valence-electron chi connectivity index (χ4n) is 1.75. The zero-order chi connectivity index (χ0) is 11.1. The number of carbonyl (C=O) groups is 1. The second-order valence-corrected chi connectivity index (χ2v) is 3.63. The third-order valence-corrected chi connectivity index (χ3v) is 2.59. The van der Waals surface area contributed by atoms with E-state index in [0.717, 1.165) is 19.6 Å². The van der Waals surface area contributed by atoms with Crippen molar-refractivity contribution in [1.82, 2.24) is 10.2 Å². The van der Waals surface area contributed by atoms with Gasteiger partial charge in [-0.3, -0.25) is 9.69 Å². The first kappa shape index (κ1) is 12.4. The van der Waals surface area contributed by atoms with Crippen LogP contribution in [0.4, 0.5) is 0 Å². The quantitative estimate of drug-likeness (QED) is 0.590. The van der Waals surface area contributed by atoms with Gasteiger partial charge in [0, 0.05) is 32.2 Å². The Morgan fingerprint density at radius 1 is 1.67 bits per heavy atom. The lowest BCUT2D eigenvalue weighted by atomic mass is 10.2. The van der Waals surface area contributed by atoms with Crippen LogP contribution >= 0.6 is 0 Å². The Morgan fingerprint density at radius 3 is 3.13 bits per heavy atom. The summed E-state index contributed by atoms with van der Waals surface area (Å²) < 4.78 is 4.86. The van der Waals surface area contributed by atoms with Crippen LogP contribution in [0.15, 0.2) is 0 Å². The Labute approximate surface area is 90.4 Å². The van der Waals surface area contributed by atoms with E-state index in [4.69, 9.17) is 9.84 Å². The lowest BCUT2D eigenvalue weighted by Gasteiger charge is -2.34. The minimum atomic E-state index is -0.160. The molecule has 88 valence electrons. The van der Waals surface area contributed by atoms with Crippen molar-refractivity contribution in [3.63, 3.8) is 0 Å². The van der Waals surface area contributed by atoms with Crippen LogP contribution in [0, 0.1) is 0 Å². The highest BCUT2D eigenvalue weighted by atomic mass is 16.5. The fourth-order valence-corrected chi connectivity index (χ4v) is 1.75. The van der Waals surface area contributed by atoms with E-state index in [1.807, 2.05) is 0 Å². The molecule has 1 unspecified atom stereocenters. The molecule has 5 nitrogen and oxygen atoms in total. The summed E-state index contributed by atoms with van der Waals surface area (Å²) in [4.78, 5) is 13.3. The van der Waals surface area contributed by atoms with Crippen molar-refractivity contribution in [2.75, 3.05) is 39.4 Å². The third-order valence-electron chi connectivity index (χ3n) is 2.59. The molecule has 0 bridgehead atoms. The van der Waals surface area contributed by atoms with Crippen LogP contribution in [-0.2, 0) is 9.53 Å². The molecule has 1 saturated heterocycles. The van der Waals surface area contributed by atoms with Gasteiger partial charge in [0.15, 0.2) is 0 Å². The third kappa shape index (κ3) is 4.15. The van der Waals surface area contributed by atoms with Gasteiger partial charge in [-0.25, -0.2) is 0 Å². The molecule has 1 atom stereocenters. The van der Waals surface area contributed by atoms with Gasteiger partial charge in [-0.1, -0.05) is 0 Å². The van der Waals surface area contributed by atoms with Gasteiger partial charge in [0.25, 0.3) is 0 Å². The summed E-state index contributed by atoms with van der Waals surface area (Å²) in [6.45, 7) is 5.63. The Balaban J connectivity index is 2.26. The Kier molecular flexibility index (Phi) is 5.60. The summed E-state index contributed by atoms with van der Waals surface area (Å²) in [6, 6.07) is 0.133. The van der Waals surface area contributed by atoms with Gasteiger partial charge in [-0.15, -0.1) is 0 Å². The molecule has 0 radical (unpaired) electrons. The van der Waals surface area contributed by atoms with Crippen molar-refractivity contribution < 1.29 is 14.6 Å². The molecule has 0 aromatic heterocycles. The highest BCUT2D eigenvalue weighted by Gasteiger charge is 2.21. The number of hydrogen-bond acceptors (Lipinski definition) is 5. The lowest BCUT2D eigenvalue weighted by Crippen LogP contribution is -2.53. The molecule has 2 N–H and O–H groups in total. The molecule has 1 rings (SSSR count). The van der Waals surface area contributed by atoms with Gasteiger partial charge < -0.3 is 15.2 Å². The monoisotopic (exact) mass is 216 g/mol. The van der Waals surface area contributed by atoms with Crippen molar-refractivity contribution in [2.45, 2.75) is 19.4 Å². The first-order chi connectivity index (χ1) is 7.27. The zero-order valence-electron chi connectivity index (χ0n) is 9.24. The molecule has 0 aliphatic carbocycles. The molecule has 1 fully saturated rings. The summed E-state index contributed by atoms with van der Waals surface area (Å²) >= 11 is 0. The van der Waals surface area contributed by atoms with Crippen molar-refractivity contribution in [3.05, 3.63) is 0 Å². The Bertz CT molecular complexity index is 199. The summed E-state index contributed by atoms with van der Waals surface area (Å²) in [5, 5.41) is 12.3. The average Bonchev–Trinajstić information content (AvgIpc) is 2.27. The molecule has 0 aromatic carbocycles. The summed E-state index contributed by atoms with van der Waals surface area (Å²) in [7, 11) is 0. The molecule has 1 aliphatic heterocycles. The number of hydrogen-bond donors (Lipinski definition) is 2. The number of rotatable bonds is 5. The molecule has 5 heteroatoms. The minimum absolute atomic E-state index is 0.133. The second kappa shape index (κ2) is 6.76. The first-order valence-corrected chi connectivity index (χ1v) is 5.49. The highest BCUT2D eigenvalue weighted by molar-refractivity contribution is 5.69. The molecule has 0 amide bonds. The number of esters is 1. The van der Waals surface area contributed by atoms with E-state index in [9.17, 15) is 4.79 Å². The zero-order valence-corrected chi connectivity index (χ0v) is 9.24. The van der Waals surface area contributed by atoms with Crippen molar-refractivity contribution >= 4 is 5.97 Å². The number of aliphatic hydroxyl groups is 1. The maximum atomic E-state index is 11.2. The largest absolute Gasteiger partial charge is 0.466 e. The number of piperazine rings is 1. The smallest absolute Gasteiger partial charge is 0.307 e. The lowest BCUT2D eigenvalue weighted by molar-refractivity contribution is -0.143.